The summed E-state index contributed by atoms with van der Waals surface area (Å²) in [4.78, 5) is 0. The van der Waals surface area contributed by atoms with Gasteiger partial charge >= 0.3 is 0 Å². The molecule has 0 saturated heterocycles. The Morgan fingerprint density at radius 2 is 1.95 bits per heavy atom. The minimum Gasteiger partial charge on any atom is -0.494 e. The monoisotopic (exact) mass is 259 g/mol. The predicted molar refractivity (Wildman–Crippen MR) is 77.3 cm³/mol. The predicted octanol–water partition coefficient (Wildman–Crippen LogP) is 2.86. The van der Waals surface area contributed by atoms with Gasteiger partial charge in [-0.3, -0.25) is 5.10 Å². The highest BCUT2D eigenvalue weighted by Gasteiger charge is 2.14. The first kappa shape index (κ1) is 13.6. The first-order valence-corrected chi connectivity index (χ1v) is 6.56. The molecule has 0 aliphatic rings. The lowest BCUT2D eigenvalue weighted by Gasteiger charge is -2.12. The molecule has 1 heterocycles. The summed E-state index contributed by atoms with van der Waals surface area (Å²) in [5.74, 6) is 0.935. The third-order valence-electron chi connectivity index (χ3n) is 3.35. The largest absolute Gasteiger partial charge is 0.494 e. The maximum atomic E-state index is 5.81. The van der Waals surface area contributed by atoms with Gasteiger partial charge in [-0.2, -0.15) is 5.10 Å². The standard InChI is InChI=1S/C15H21N3O/c1-5-19-14-7-9(2)12(6-10(14)3)15-13(8-16)11(4)17-18-15/h6-7H,5,8,16H2,1-4H3,(H,17,18). The molecule has 1 aromatic carbocycles. The molecule has 0 bridgehead atoms. The molecular weight excluding hydrogens is 238 g/mol. The number of nitrogens with two attached hydrogens (primary N) is 1. The Bertz CT molecular complexity index is 587. The first-order chi connectivity index (χ1) is 9.08. The summed E-state index contributed by atoms with van der Waals surface area (Å²) in [6.45, 7) is 9.28. The van der Waals surface area contributed by atoms with Crippen LogP contribution < -0.4 is 10.5 Å². The molecule has 0 spiro atoms. The highest BCUT2D eigenvalue weighted by Crippen LogP contribution is 2.31. The minimum absolute atomic E-state index is 0.489. The van der Waals surface area contributed by atoms with Crippen molar-refractivity contribution in [3.8, 4) is 17.0 Å². The number of aromatic amines is 1. The number of H-pyrrole nitrogens is 1. The van der Waals surface area contributed by atoms with Crippen molar-refractivity contribution in [2.75, 3.05) is 6.61 Å². The molecule has 3 N–H and O–H groups in total. The fourth-order valence-electron chi connectivity index (χ4n) is 2.28. The van der Waals surface area contributed by atoms with Gasteiger partial charge in [0.15, 0.2) is 0 Å². The fourth-order valence-corrected chi connectivity index (χ4v) is 2.28. The van der Waals surface area contributed by atoms with Crippen LogP contribution in [0.5, 0.6) is 5.75 Å². The molecular formula is C15H21N3O. The van der Waals surface area contributed by atoms with Crippen LogP contribution in [0.2, 0.25) is 0 Å². The molecule has 0 unspecified atom stereocenters. The van der Waals surface area contributed by atoms with Crippen LogP contribution in [0.25, 0.3) is 11.3 Å². The second-order valence-corrected chi connectivity index (χ2v) is 4.75. The second-order valence-electron chi connectivity index (χ2n) is 4.75. The van der Waals surface area contributed by atoms with Crippen molar-refractivity contribution >= 4 is 0 Å². The highest BCUT2D eigenvalue weighted by atomic mass is 16.5. The van der Waals surface area contributed by atoms with Crippen LogP contribution in [-0.4, -0.2) is 16.8 Å². The van der Waals surface area contributed by atoms with Crippen molar-refractivity contribution in [3.63, 3.8) is 0 Å². The Morgan fingerprint density at radius 3 is 2.58 bits per heavy atom. The molecule has 19 heavy (non-hydrogen) atoms. The molecule has 1 aromatic heterocycles. The molecule has 0 amide bonds. The number of nitrogens with one attached hydrogen (secondary N) is 1. The van der Waals surface area contributed by atoms with Crippen LogP contribution in [-0.2, 0) is 6.54 Å². The number of nitrogens with zero attached hydrogens (tertiary/aromatic N) is 1. The van der Waals surface area contributed by atoms with E-state index in [4.69, 9.17) is 10.5 Å². The number of ether oxygens (including phenoxy) is 1. The Labute approximate surface area is 114 Å². The molecule has 0 radical (unpaired) electrons. The summed E-state index contributed by atoms with van der Waals surface area (Å²) in [7, 11) is 0. The molecule has 0 atom stereocenters. The van der Waals surface area contributed by atoms with Crippen molar-refractivity contribution in [2.45, 2.75) is 34.2 Å². The molecule has 4 heteroatoms. The summed E-state index contributed by atoms with van der Waals surface area (Å²) in [5, 5.41) is 7.40. The topological polar surface area (TPSA) is 63.9 Å². The van der Waals surface area contributed by atoms with E-state index in [1.165, 1.54) is 0 Å². The first-order valence-electron chi connectivity index (χ1n) is 6.56. The fraction of sp³-hybridized carbons (Fsp3) is 0.400. The molecule has 0 aliphatic carbocycles. The lowest BCUT2D eigenvalue weighted by atomic mass is 9.98. The molecule has 102 valence electrons. The van der Waals surface area contributed by atoms with E-state index in [2.05, 4.69) is 36.2 Å². The summed E-state index contributed by atoms with van der Waals surface area (Å²) < 4.78 is 5.62. The van der Waals surface area contributed by atoms with E-state index in [1.54, 1.807) is 0 Å². The molecule has 0 aliphatic heterocycles. The molecule has 2 rings (SSSR count). The molecule has 2 aromatic rings. The Morgan fingerprint density at radius 1 is 1.21 bits per heavy atom. The van der Waals surface area contributed by atoms with Gasteiger partial charge in [0.1, 0.15) is 5.75 Å². The van der Waals surface area contributed by atoms with Gasteiger partial charge in [0.25, 0.3) is 0 Å². The van der Waals surface area contributed by atoms with Crippen molar-refractivity contribution in [2.24, 2.45) is 5.73 Å². The van der Waals surface area contributed by atoms with Gasteiger partial charge in [-0.1, -0.05) is 0 Å². The SMILES string of the molecule is CCOc1cc(C)c(-c2n[nH]c(C)c2CN)cc1C. The third-order valence-corrected chi connectivity index (χ3v) is 3.35. The zero-order valence-electron chi connectivity index (χ0n) is 12.0. The number of hydrogen-bond donors (Lipinski definition) is 2. The average molecular weight is 259 g/mol. The quantitative estimate of drug-likeness (QED) is 0.887. The number of hydrogen-bond acceptors (Lipinski definition) is 3. The number of benzene rings is 1. The van der Waals surface area contributed by atoms with Crippen LogP contribution >= 0.6 is 0 Å². The van der Waals surface area contributed by atoms with Gasteiger partial charge in [0, 0.05) is 23.4 Å². The second kappa shape index (κ2) is 5.45. The summed E-state index contributed by atoms with van der Waals surface area (Å²) >= 11 is 0. The van der Waals surface area contributed by atoms with Crippen molar-refractivity contribution < 1.29 is 4.74 Å². The summed E-state index contributed by atoms with van der Waals surface area (Å²) in [6.07, 6.45) is 0. The number of aryl methyl sites for hydroxylation is 3. The van der Waals surface area contributed by atoms with Crippen molar-refractivity contribution in [3.05, 3.63) is 34.5 Å². The van der Waals surface area contributed by atoms with Gasteiger partial charge in [-0.25, -0.2) is 0 Å². The Balaban J connectivity index is 2.53. The maximum Gasteiger partial charge on any atom is 0.122 e. The van der Waals surface area contributed by atoms with Crippen LogP contribution in [0.15, 0.2) is 12.1 Å². The minimum atomic E-state index is 0.489. The lowest BCUT2D eigenvalue weighted by Crippen LogP contribution is -2.00. The van der Waals surface area contributed by atoms with E-state index in [0.717, 1.165) is 39.4 Å². The normalized spacial score (nSPS) is 10.8. The van der Waals surface area contributed by atoms with E-state index < -0.39 is 0 Å². The third kappa shape index (κ3) is 2.49. The zero-order valence-corrected chi connectivity index (χ0v) is 12.0. The summed E-state index contributed by atoms with van der Waals surface area (Å²) in [5.41, 5.74) is 12.3. The van der Waals surface area contributed by atoms with E-state index >= 15 is 0 Å². The molecule has 0 saturated carbocycles. The van der Waals surface area contributed by atoms with Crippen LogP contribution in [0, 0.1) is 20.8 Å². The smallest absolute Gasteiger partial charge is 0.122 e. The van der Waals surface area contributed by atoms with E-state index in [0.29, 0.717) is 13.2 Å². The molecule has 0 fully saturated rings. The van der Waals surface area contributed by atoms with Crippen molar-refractivity contribution in [1.82, 2.24) is 10.2 Å². The zero-order chi connectivity index (χ0) is 14.0. The van der Waals surface area contributed by atoms with Gasteiger partial charge in [-0.15, -0.1) is 0 Å². The Hall–Kier alpha value is -1.81. The number of rotatable bonds is 4. The van der Waals surface area contributed by atoms with Crippen LogP contribution in [0.1, 0.15) is 29.3 Å². The van der Waals surface area contributed by atoms with Crippen molar-refractivity contribution in [1.29, 1.82) is 0 Å². The van der Waals surface area contributed by atoms with E-state index in [-0.39, 0.29) is 0 Å². The number of aromatic nitrogens is 2. The lowest BCUT2D eigenvalue weighted by molar-refractivity contribution is 0.337. The highest BCUT2D eigenvalue weighted by molar-refractivity contribution is 5.69. The maximum absolute atomic E-state index is 5.81. The van der Waals surface area contributed by atoms with Crippen LogP contribution in [0.4, 0.5) is 0 Å². The van der Waals surface area contributed by atoms with Gasteiger partial charge in [0.05, 0.1) is 12.3 Å². The van der Waals surface area contributed by atoms with Gasteiger partial charge < -0.3 is 10.5 Å². The van der Waals surface area contributed by atoms with Crippen LogP contribution in [0.3, 0.4) is 0 Å². The van der Waals surface area contributed by atoms with Gasteiger partial charge in [-0.05, 0) is 51.0 Å². The Kier molecular flexibility index (Phi) is 3.90. The molecule has 4 nitrogen and oxygen atoms in total. The van der Waals surface area contributed by atoms with E-state index in [1.807, 2.05) is 13.8 Å². The average Bonchev–Trinajstić information content (AvgIpc) is 2.74. The summed E-state index contributed by atoms with van der Waals surface area (Å²) in [6, 6.07) is 4.19. The van der Waals surface area contributed by atoms with E-state index in [9.17, 15) is 0 Å². The van der Waals surface area contributed by atoms with Gasteiger partial charge in [0.2, 0.25) is 0 Å².